The molecular formula is C33H28N3P. The van der Waals surface area contributed by atoms with E-state index in [1.165, 1.54) is 32.7 Å². The van der Waals surface area contributed by atoms with Crippen LogP contribution in [0.5, 0.6) is 0 Å². The lowest BCUT2D eigenvalue weighted by Crippen LogP contribution is -2.24. The van der Waals surface area contributed by atoms with Crippen LogP contribution < -0.4 is 20.8 Å². The molecule has 1 aliphatic rings. The predicted molar refractivity (Wildman–Crippen MR) is 158 cm³/mol. The van der Waals surface area contributed by atoms with E-state index in [9.17, 15) is 0 Å². The Morgan fingerprint density at radius 1 is 0.595 bits per heavy atom. The molecule has 0 N–H and O–H groups in total. The van der Waals surface area contributed by atoms with Crippen LogP contribution in [-0.4, -0.2) is 23.6 Å². The molecule has 1 atom stereocenters. The summed E-state index contributed by atoms with van der Waals surface area (Å²) >= 11 is 0. The van der Waals surface area contributed by atoms with Gasteiger partial charge in [0.15, 0.2) is 0 Å². The third kappa shape index (κ3) is 5.05. The van der Waals surface area contributed by atoms with Gasteiger partial charge in [-0.1, -0.05) is 91.0 Å². The second-order valence-electron chi connectivity index (χ2n) is 9.20. The topological polar surface area (TPSA) is 19.4 Å². The minimum Gasteiger partial charge on any atom is -0.361 e. The van der Waals surface area contributed by atoms with Crippen LogP contribution in [0.4, 0.5) is 5.69 Å². The van der Waals surface area contributed by atoms with Crippen LogP contribution in [0.15, 0.2) is 140 Å². The van der Waals surface area contributed by atoms with Crippen LogP contribution >= 0.6 is 7.92 Å². The summed E-state index contributed by atoms with van der Waals surface area (Å²) in [7, 11) is 1.36. The smallest absolute Gasteiger partial charge is 0.0938 e. The monoisotopic (exact) mass is 497 g/mol. The SMILES string of the molecule is CN1C=CN(c2cccc(P(c3ccccc3)c3cccc(-c4cc(-c5ccccc5)ccn4)c3)c2)C1. The van der Waals surface area contributed by atoms with Crippen LogP contribution in [-0.2, 0) is 0 Å². The maximum atomic E-state index is 4.74. The molecule has 180 valence electrons. The summed E-state index contributed by atoms with van der Waals surface area (Å²) in [6.45, 7) is 0.867. The van der Waals surface area contributed by atoms with Gasteiger partial charge in [-0.3, -0.25) is 4.98 Å². The molecular weight excluding hydrogens is 469 g/mol. The molecule has 4 aromatic carbocycles. The number of pyridine rings is 1. The van der Waals surface area contributed by atoms with Crippen molar-refractivity contribution < 1.29 is 0 Å². The maximum absolute atomic E-state index is 4.74. The van der Waals surface area contributed by atoms with E-state index in [0.717, 1.165) is 17.9 Å². The highest BCUT2D eigenvalue weighted by molar-refractivity contribution is 7.79. The number of anilines is 1. The van der Waals surface area contributed by atoms with Gasteiger partial charge in [-0.05, 0) is 65.3 Å². The third-order valence-corrected chi connectivity index (χ3v) is 8.98. The maximum Gasteiger partial charge on any atom is 0.0938 e. The Hall–Kier alpha value is -4.20. The molecule has 1 aliphatic heterocycles. The summed E-state index contributed by atoms with van der Waals surface area (Å²) in [5.41, 5.74) is 5.73. The number of nitrogens with zero attached hydrogens (tertiary/aromatic N) is 3. The van der Waals surface area contributed by atoms with E-state index in [0.29, 0.717) is 0 Å². The second kappa shape index (κ2) is 10.4. The van der Waals surface area contributed by atoms with Gasteiger partial charge in [0.05, 0.1) is 12.4 Å². The van der Waals surface area contributed by atoms with Crippen LogP contribution in [0.1, 0.15) is 0 Å². The number of benzene rings is 4. The molecule has 0 spiro atoms. The van der Waals surface area contributed by atoms with Gasteiger partial charge in [-0.15, -0.1) is 0 Å². The fraction of sp³-hybridized carbons (Fsp3) is 0.0606. The number of aromatic nitrogens is 1. The minimum atomic E-state index is -0.738. The molecule has 4 heteroatoms. The van der Waals surface area contributed by atoms with Crippen molar-refractivity contribution in [3.05, 3.63) is 140 Å². The molecule has 0 saturated heterocycles. The van der Waals surface area contributed by atoms with Gasteiger partial charge in [0.2, 0.25) is 0 Å². The molecule has 0 fully saturated rings. The summed E-state index contributed by atoms with van der Waals surface area (Å²) < 4.78 is 0. The second-order valence-corrected chi connectivity index (χ2v) is 11.4. The minimum absolute atomic E-state index is 0.738. The molecule has 5 aromatic rings. The Morgan fingerprint density at radius 3 is 2.03 bits per heavy atom. The lowest BCUT2D eigenvalue weighted by molar-refractivity contribution is 0.496. The molecule has 0 radical (unpaired) electrons. The van der Waals surface area contributed by atoms with E-state index in [1.807, 2.05) is 12.3 Å². The van der Waals surface area contributed by atoms with Crippen molar-refractivity contribution in [1.29, 1.82) is 0 Å². The van der Waals surface area contributed by atoms with E-state index in [2.05, 4.69) is 145 Å². The van der Waals surface area contributed by atoms with E-state index in [4.69, 9.17) is 4.98 Å². The Labute approximate surface area is 220 Å². The van der Waals surface area contributed by atoms with Gasteiger partial charge in [0, 0.05) is 36.9 Å². The van der Waals surface area contributed by atoms with Crippen LogP contribution in [0.2, 0.25) is 0 Å². The van der Waals surface area contributed by atoms with Crippen molar-refractivity contribution in [2.45, 2.75) is 0 Å². The van der Waals surface area contributed by atoms with Gasteiger partial charge < -0.3 is 9.80 Å². The molecule has 2 heterocycles. The predicted octanol–water partition coefficient (Wildman–Crippen LogP) is 6.35. The Kier molecular flexibility index (Phi) is 6.54. The molecule has 0 saturated carbocycles. The molecule has 0 amide bonds. The van der Waals surface area contributed by atoms with Gasteiger partial charge >= 0.3 is 0 Å². The number of rotatable bonds is 6. The quantitative estimate of drug-likeness (QED) is 0.255. The van der Waals surface area contributed by atoms with E-state index in [-0.39, 0.29) is 0 Å². The van der Waals surface area contributed by atoms with Crippen molar-refractivity contribution in [2.75, 3.05) is 18.6 Å². The van der Waals surface area contributed by atoms with Crippen LogP contribution in [0.25, 0.3) is 22.4 Å². The molecule has 6 rings (SSSR count). The first-order chi connectivity index (χ1) is 18.2. The van der Waals surface area contributed by atoms with Crippen molar-refractivity contribution >= 4 is 29.5 Å². The zero-order valence-corrected chi connectivity index (χ0v) is 21.7. The number of hydrogen-bond acceptors (Lipinski definition) is 3. The fourth-order valence-corrected chi connectivity index (χ4v) is 7.10. The first-order valence-corrected chi connectivity index (χ1v) is 13.8. The van der Waals surface area contributed by atoms with E-state index >= 15 is 0 Å². The zero-order chi connectivity index (χ0) is 25.0. The van der Waals surface area contributed by atoms with Gasteiger partial charge in [0.25, 0.3) is 0 Å². The first kappa shape index (κ1) is 23.2. The van der Waals surface area contributed by atoms with Crippen molar-refractivity contribution in [3.8, 4) is 22.4 Å². The summed E-state index contributed by atoms with van der Waals surface area (Å²) in [5.74, 6) is 0. The molecule has 0 bridgehead atoms. The lowest BCUT2D eigenvalue weighted by atomic mass is 10.0. The normalized spacial score (nSPS) is 13.6. The van der Waals surface area contributed by atoms with Crippen molar-refractivity contribution in [2.24, 2.45) is 0 Å². The van der Waals surface area contributed by atoms with Crippen LogP contribution in [0.3, 0.4) is 0 Å². The average Bonchev–Trinajstić information content (AvgIpc) is 3.41. The fourth-order valence-electron chi connectivity index (χ4n) is 4.73. The van der Waals surface area contributed by atoms with Gasteiger partial charge in [-0.25, -0.2) is 0 Å². The van der Waals surface area contributed by atoms with Crippen molar-refractivity contribution in [1.82, 2.24) is 9.88 Å². The lowest BCUT2D eigenvalue weighted by Gasteiger charge is -2.23. The van der Waals surface area contributed by atoms with Crippen LogP contribution in [0, 0.1) is 0 Å². The standard InChI is InChI=1S/C33H28N3P/c1-35-20-21-36(25-35)29-13-9-17-32(24-29)37(30-14-6-3-7-15-30)31-16-8-12-28(22-31)33-23-27(18-19-34-33)26-10-4-2-5-11-26/h2-24H,25H2,1H3. The van der Waals surface area contributed by atoms with Gasteiger partial charge in [0.1, 0.15) is 0 Å². The largest absolute Gasteiger partial charge is 0.361 e. The Bertz CT molecular complexity index is 1530. The summed E-state index contributed by atoms with van der Waals surface area (Å²) in [6, 6.07) is 43.6. The average molecular weight is 498 g/mol. The Morgan fingerprint density at radius 2 is 1.27 bits per heavy atom. The zero-order valence-electron chi connectivity index (χ0n) is 20.8. The summed E-state index contributed by atoms with van der Waals surface area (Å²) in [5, 5.41) is 3.99. The highest BCUT2D eigenvalue weighted by Crippen LogP contribution is 2.35. The molecule has 3 nitrogen and oxygen atoms in total. The summed E-state index contributed by atoms with van der Waals surface area (Å²) in [4.78, 5) is 9.22. The molecule has 1 aromatic heterocycles. The van der Waals surface area contributed by atoms with Gasteiger partial charge in [-0.2, -0.15) is 0 Å². The summed E-state index contributed by atoms with van der Waals surface area (Å²) in [6.07, 6.45) is 6.18. The highest BCUT2D eigenvalue weighted by Gasteiger charge is 2.19. The number of hydrogen-bond donors (Lipinski definition) is 0. The highest BCUT2D eigenvalue weighted by atomic mass is 31.1. The van der Waals surface area contributed by atoms with E-state index < -0.39 is 7.92 Å². The first-order valence-electron chi connectivity index (χ1n) is 12.5. The molecule has 0 aliphatic carbocycles. The van der Waals surface area contributed by atoms with Crippen molar-refractivity contribution in [3.63, 3.8) is 0 Å². The molecule has 37 heavy (non-hydrogen) atoms. The third-order valence-electron chi connectivity index (χ3n) is 6.58. The van der Waals surface area contributed by atoms with E-state index in [1.54, 1.807) is 0 Å². The molecule has 1 unspecified atom stereocenters. The Balaban J connectivity index is 1.41.